The molecule has 1 aromatic rings. The van der Waals surface area contributed by atoms with E-state index in [4.69, 9.17) is 4.74 Å². The standard InChI is InChI=1S/C10H16O2S/c1-8(3-5-12-2)10(11)9-4-6-13-7-9/h4,6-8,10-11H,3,5H2,1-2H3. The van der Waals surface area contributed by atoms with Crippen LogP contribution < -0.4 is 0 Å². The Hall–Kier alpha value is -0.380. The van der Waals surface area contributed by atoms with Crippen molar-refractivity contribution in [2.24, 2.45) is 5.92 Å². The van der Waals surface area contributed by atoms with Crippen LogP contribution in [0.1, 0.15) is 25.0 Å². The van der Waals surface area contributed by atoms with Gasteiger partial charge in [-0.3, -0.25) is 0 Å². The monoisotopic (exact) mass is 200 g/mol. The minimum Gasteiger partial charge on any atom is -0.388 e. The molecule has 0 saturated carbocycles. The van der Waals surface area contributed by atoms with E-state index in [-0.39, 0.29) is 12.0 Å². The fraction of sp³-hybridized carbons (Fsp3) is 0.600. The van der Waals surface area contributed by atoms with Gasteiger partial charge >= 0.3 is 0 Å². The molecule has 2 nitrogen and oxygen atoms in total. The molecule has 13 heavy (non-hydrogen) atoms. The molecule has 0 saturated heterocycles. The number of aliphatic hydroxyl groups excluding tert-OH is 1. The minimum absolute atomic E-state index is 0.259. The minimum atomic E-state index is -0.346. The van der Waals surface area contributed by atoms with Crippen LogP contribution in [0.15, 0.2) is 16.8 Å². The molecule has 0 radical (unpaired) electrons. The molecular formula is C10H16O2S. The average Bonchev–Trinajstić information content (AvgIpc) is 2.65. The SMILES string of the molecule is COCCC(C)C(O)c1ccsc1. The van der Waals surface area contributed by atoms with Crippen LogP contribution >= 0.6 is 11.3 Å². The molecule has 0 aliphatic heterocycles. The van der Waals surface area contributed by atoms with Crippen LogP contribution in [0, 0.1) is 5.92 Å². The summed E-state index contributed by atoms with van der Waals surface area (Å²) < 4.78 is 4.97. The van der Waals surface area contributed by atoms with Crippen molar-refractivity contribution < 1.29 is 9.84 Å². The molecule has 1 rings (SSSR count). The van der Waals surface area contributed by atoms with Crippen LogP contribution in [0.4, 0.5) is 0 Å². The zero-order valence-corrected chi connectivity index (χ0v) is 8.88. The molecule has 0 fully saturated rings. The van der Waals surface area contributed by atoms with Crippen molar-refractivity contribution in [2.75, 3.05) is 13.7 Å². The summed E-state index contributed by atoms with van der Waals surface area (Å²) in [6.45, 7) is 2.75. The third kappa shape index (κ3) is 3.10. The van der Waals surface area contributed by atoms with Gasteiger partial charge in [0.2, 0.25) is 0 Å². The van der Waals surface area contributed by atoms with Gasteiger partial charge in [-0.2, -0.15) is 11.3 Å². The number of thiophene rings is 1. The smallest absolute Gasteiger partial charge is 0.0824 e. The van der Waals surface area contributed by atoms with E-state index in [1.807, 2.05) is 23.8 Å². The number of methoxy groups -OCH3 is 1. The summed E-state index contributed by atoms with van der Waals surface area (Å²) in [5.74, 6) is 0.259. The van der Waals surface area contributed by atoms with E-state index < -0.39 is 0 Å². The molecular weight excluding hydrogens is 184 g/mol. The molecule has 0 bridgehead atoms. The lowest BCUT2D eigenvalue weighted by molar-refractivity contribution is 0.0889. The first kappa shape index (κ1) is 10.7. The Morgan fingerprint density at radius 1 is 1.62 bits per heavy atom. The van der Waals surface area contributed by atoms with Gasteiger partial charge in [0.1, 0.15) is 0 Å². The summed E-state index contributed by atoms with van der Waals surface area (Å²) in [5.41, 5.74) is 1.02. The topological polar surface area (TPSA) is 29.5 Å². The van der Waals surface area contributed by atoms with Gasteiger partial charge in [0.25, 0.3) is 0 Å². The largest absolute Gasteiger partial charge is 0.388 e. The molecule has 0 amide bonds. The molecule has 1 N–H and O–H groups in total. The Bertz CT molecular complexity index is 221. The summed E-state index contributed by atoms with van der Waals surface area (Å²) in [5, 5.41) is 13.8. The van der Waals surface area contributed by atoms with Crippen molar-refractivity contribution >= 4 is 11.3 Å². The van der Waals surface area contributed by atoms with Crippen LogP contribution in [-0.4, -0.2) is 18.8 Å². The maximum Gasteiger partial charge on any atom is 0.0824 e. The molecule has 2 atom stereocenters. The Morgan fingerprint density at radius 2 is 2.38 bits per heavy atom. The van der Waals surface area contributed by atoms with Gasteiger partial charge in [-0.1, -0.05) is 6.92 Å². The van der Waals surface area contributed by atoms with Crippen molar-refractivity contribution in [2.45, 2.75) is 19.4 Å². The first-order valence-corrected chi connectivity index (χ1v) is 5.39. The average molecular weight is 200 g/mol. The lowest BCUT2D eigenvalue weighted by Gasteiger charge is -2.17. The van der Waals surface area contributed by atoms with Crippen molar-refractivity contribution in [3.8, 4) is 0 Å². The van der Waals surface area contributed by atoms with Crippen molar-refractivity contribution in [3.05, 3.63) is 22.4 Å². The van der Waals surface area contributed by atoms with Crippen LogP contribution in [0.25, 0.3) is 0 Å². The van der Waals surface area contributed by atoms with Gasteiger partial charge in [-0.05, 0) is 34.7 Å². The number of hydrogen-bond acceptors (Lipinski definition) is 3. The molecule has 0 aromatic carbocycles. The highest BCUT2D eigenvalue weighted by Crippen LogP contribution is 2.25. The number of ether oxygens (including phenoxy) is 1. The summed E-state index contributed by atoms with van der Waals surface area (Å²) >= 11 is 1.62. The molecule has 0 aliphatic carbocycles. The zero-order chi connectivity index (χ0) is 9.68. The van der Waals surface area contributed by atoms with E-state index in [9.17, 15) is 5.11 Å². The Labute approximate surface area is 83.2 Å². The maximum atomic E-state index is 9.86. The lowest BCUT2D eigenvalue weighted by atomic mass is 9.97. The van der Waals surface area contributed by atoms with Crippen LogP contribution in [-0.2, 0) is 4.74 Å². The predicted octanol–water partition coefficient (Wildman–Crippen LogP) is 2.45. The van der Waals surface area contributed by atoms with E-state index in [0.29, 0.717) is 6.61 Å². The molecule has 74 valence electrons. The van der Waals surface area contributed by atoms with E-state index in [1.165, 1.54) is 0 Å². The van der Waals surface area contributed by atoms with Gasteiger partial charge < -0.3 is 9.84 Å². The first-order chi connectivity index (χ1) is 6.25. The Morgan fingerprint density at radius 3 is 2.92 bits per heavy atom. The summed E-state index contributed by atoms with van der Waals surface area (Å²) in [6, 6.07) is 1.97. The predicted molar refractivity (Wildman–Crippen MR) is 54.9 cm³/mol. The lowest BCUT2D eigenvalue weighted by Crippen LogP contribution is -2.10. The molecule has 3 heteroatoms. The van der Waals surface area contributed by atoms with Crippen LogP contribution in [0.2, 0.25) is 0 Å². The third-order valence-corrected chi connectivity index (χ3v) is 2.90. The Balaban J connectivity index is 2.43. The van der Waals surface area contributed by atoms with Crippen LogP contribution in [0.5, 0.6) is 0 Å². The third-order valence-electron chi connectivity index (χ3n) is 2.20. The second kappa shape index (κ2) is 5.37. The Kier molecular flexibility index (Phi) is 4.42. The first-order valence-electron chi connectivity index (χ1n) is 4.44. The van der Waals surface area contributed by atoms with Gasteiger partial charge in [-0.15, -0.1) is 0 Å². The molecule has 1 aromatic heterocycles. The number of hydrogen-bond donors (Lipinski definition) is 1. The second-order valence-corrected chi connectivity index (χ2v) is 4.04. The van der Waals surface area contributed by atoms with Crippen molar-refractivity contribution in [3.63, 3.8) is 0 Å². The highest BCUT2D eigenvalue weighted by molar-refractivity contribution is 7.07. The van der Waals surface area contributed by atoms with E-state index in [0.717, 1.165) is 12.0 Å². The van der Waals surface area contributed by atoms with Crippen LogP contribution in [0.3, 0.4) is 0 Å². The van der Waals surface area contributed by atoms with Gasteiger partial charge in [-0.25, -0.2) is 0 Å². The van der Waals surface area contributed by atoms with Gasteiger partial charge in [0.15, 0.2) is 0 Å². The second-order valence-electron chi connectivity index (χ2n) is 3.26. The highest BCUT2D eigenvalue weighted by atomic mass is 32.1. The zero-order valence-electron chi connectivity index (χ0n) is 8.06. The van der Waals surface area contributed by atoms with Gasteiger partial charge in [0.05, 0.1) is 6.10 Å². The summed E-state index contributed by atoms with van der Waals surface area (Å²) in [6.07, 6.45) is 0.550. The van der Waals surface area contributed by atoms with Crippen molar-refractivity contribution in [1.82, 2.24) is 0 Å². The maximum absolute atomic E-state index is 9.86. The molecule has 1 heterocycles. The molecule has 0 aliphatic rings. The van der Waals surface area contributed by atoms with E-state index in [2.05, 4.69) is 0 Å². The summed E-state index contributed by atoms with van der Waals surface area (Å²) in [4.78, 5) is 0. The normalized spacial score (nSPS) is 15.6. The molecule has 2 unspecified atom stereocenters. The highest BCUT2D eigenvalue weighted by Gasteiger charge is 2.15. The quantitative estimate of drug-likeness (QED) is 0.791. The van der Waals surface area contributed by atoms with Crippen molar-refractivity contribution in [1.29, 1.82) is 0 Å². The number of aliphatic hydroxyl groups is 1. The van der Waals surface area contributed by atoms with E-state index >= 15 is 0 Å². The summed E-state index contributed by atoms with van der Waals surface area (Å²) in [7, 11) is 1.68. The fourth-order valence-electron chi connectivity index (χ4n) is 1.23. The van der Waals surface area contributed by atoms with Gasteiger partial charge in [0, 0.05) is 13.7 Å². The number of rotatable bonds is 5. The molecule has 0 spiro atoms. The fourth-order valence-corrected chi connectivity index (χ4v) is 1.92. The van der Waals surface area contributed by atoms with E-state index in [1.54, 1.807) is 18.4 Å².